The molecule has 3 nitrogen and oxygen atoms in total. The summed E-state index contributed by atoms with van der Waals surface area (Å²) in [6.45, 7) is 6.00. The Balaban J connectivity index is 2.34. The van der Waals surface area contributed by atoms with Crippen LogP contribution in [0.5, 0.6) is 0 Å². The van der Waals surface area contributed by atoms with E-state index in [4.69, 9.17) is 18.0 Å². The molecule has 1 atom stereocenters. The minimum absolute atomic E-state index is 0.146. The standard InChI is InChI=1S/C16H18BrN3S/c1-9-8-14(15(16(18)21)11(3)19-9)20-10(2)12-4-6-13(17)7-5-12/h4-8,10H,1-3H3,(H2,18,21)(H,19,20). The van der Waals surface area contributed by atoms with Gasteiger partial charge in [-0.15, -0.1) is 0 Å². The van der Waals surface area contributed by atoms with Crippen LogP contribution < -0.4 is 11.1 Å². The number of rotatable bonds is 4. The molecular formula is C16H18BrN3S. The number of benzene rings is 1. The first-order chi connectivity index (χ1) is 9.88. The summed E-state index contributed by atoms with van der Waals surface area (Å²) in [5.41, 5.74) is 10.6. The maximum Gasteiger partial charge on any atom is 0.107 e. The van der Waals surface area contributed by atoms with Gasteiger partial charge in [0.05, 0.1) is 5.56 Å². The summed E-state index contributed by atoms with van der Waals surface area (Å²) in [4.78, 5) is 4.80. The van der Waals surface area contributed by atoms with Crippen LogP contribution in [0, 0.1) is 13.8 Å². The lowest BCUT2D eigenvalue weighted by Crippen LogP contribution is -2.18. The van der Waals surface area contributed by atoms with Gasteiger partial charge in [-0.2, -0.15) is 0 Å². The summed E-state index contributed by atoms with van der Waals surface area (Å²) in [5.74, 6) is 0. The third-order valence-corrected chi connectivity index (χ3v) is 4.05. The first kappa shape index (κ1) is 15.9. The van der Waals surface area contributed by atoms with Crippen LogP contribution in [-0.4, -0.2) is 9.97 Å². The Bertz CT molecular complexity index is 668. The molecule has 5 heteroatoms. The lowest BCUT2D eigenvalue weighted by Gasteiger charge is -2.20. The van der Waals surface area contributed by atoms with Crippen LogP contribution in [0.4, 0.5) is 5.69 Å². The zero-order chi connectivity index (χ0) is 15.6. The van der Waals surface area contributed by atoms with Crippen LogP contribution in [0.15, 0.2) is 34.8 Å². The molecule has 0 spiro atoms. The Morgan fingerprint density at radius 2 is 1.90 bits per heavy atom. The molecule has 2 aromatic rings. The van der Waals surface area contributed by atoms with Crippen molar-refractivity contribution in [2.24, 2.45) is 5.73 Å². The van der Waals surface area contributed by atoms with Crippen molar-refractivity contribution >= 4 is 38.8 Å². The van der Waals surface area contributed by atoms with Crippen molar-refractivity contribution in [2.75, 3.05) is 5.32 Å². The fraction of sp³-hybridized carbons (Fsp3) is 0.250. The normalized spacial score (nSPS) is 12.0. The van der Waals surface area contributed by atoms with Gasteiger partial charge >= 0.3 is 0 Å². The fourth-order valence-electron chi connectivity index (χ4n) is 2.32. The van der Waals surface area contributed by atoms with Crippen molar-refractivity contribution in [1.82, 2.24) is 4.98 Å². The van der Waals surface area contributed by atoms with Gasteiger partial charge in [0.25, 0.3) is 0 Å². The van der Waals surface area contributed by atoms with E-state index in [1.54, 1.807) is 0 Å². The predicted molar refractivity (Wildman–Crippen MR) is 95.8 cm³/mol. The lowest BCUT2D eigenvalue weighted by molar-refractivity contribution is 0.881. The lowest BCUT2D eigenvalue weighted by atomic mass is 10.1. The maximum absolute atomic E-state index is 5.84. The van der Waals surface area contributed by atoms with E-state index in [9.17, 15) is 0 Å². The molecule has 0 radical (unpaired) electrons. The molecule has 0 aliphatic rings. The highest BCUT2D eigenvalue weighted by Gasteiger charge is 2.14. The number of pyridine rings is 1. The number of nitrogens with two attached hydrogens (primary N) is 1. The van der Waals surface area contributed by atoms with Gasteiger partial charge in [-0.1, -0.05) is 40.3 Å². The predicted octanol–water partition coefficient (Wildman–Crippen LogP) is 4.27. The number of hydrogen-bond acceptors (Lipinski definition) is 3. The average molecular weight is 364 g/mol. The van der Waals surface area contributed by atoms with Gasteiger partial charge in [0.2, 0.25) is 0 Å². The van der Waals surface area contributed by atoms with E-state index in [1.807, 2.05) is 32.0 Å². The highest BCUT2D eigenvalue weighted by molar-refractivity contribution is 9.10. The van der Waals surface area contributed by atoms with E-state index >= 15 is 0 Å². The Kier molecular flexibility index (Phi) is 4.96. The Hall–Kier alpha value is -1.46. The molecule has 0 fully saturated rings. The van der Waals surface area contributed by atoms with E-state index < -0.39 is 0 Å². The third kappa shape index (κ3) is 3.80. The summed E-state index contributed by atoms with van der Waals surface area (Å²) in [6.07, 6.45) is 0. The molecular weight excluding hydrogens is 346 g/mol. The second kappa shape index (κ2) is 6.54. The van der Waals surface area contributed by atoms with Gasteiger partial charge < -0.3 is 11.1 Å². The van der Waals surface area contributed by atoms with Crippen LogP contribution >= 0.6 is 28.1 Å². The molecule has 2 rings (SSSR count). The van der Waals surface area contributed by atoms with E-state index in [2.05, 4.69) is 45.3 Å². The van der Waals surface area contributed by atoms with Crippen LogP contribution in [0.1, 0.15) is 35.5 Å². The summed E-state index contributed by atoms with van der Waals surface area (Å²) in [5, 5.41) is 3.49. The summed E-state index contributed by atoms with van der Waals surface area (Å²) >= 11 is 8.61. The smallest absolute Gasteiger partial charge is 0.107 e. The van der Waals surface area contributed by atoms with Crippen LogP contribution in [0.3, 0.4) is 0 Å². The van der Waals surface area contributed by atoms with Gasteiger partial charge in [-0.05, 0) is 44.5 Å². The molecule has 3 N–H and O–H groups in total. The average Bonchev–Trinajstić information content (AvgIpc) is 2.37. The third-order valence-electron chi connectivity index (χ3n) is 3.32. The van der Waals surface area contributed by atoms with Crippen molar-refractivity contribution in [2.45, 2.75) is 26.8 Å². The molecule has 0 saturated heterocycles. The highest BCUT2D eigenvalue weighted by atomic mass is 79.9. The molecule has 0 bridgehead atoms. The molecule has 1 unspecified atom stereocenters. The molecule has 1 aromatic carbocycles. The summed E-state index contributed by atoms with van der Waals surface area (Å²) < 4.78 is 1.07. The Morgan fingerprint density at radius 3 is 2.48 bits per heavy atom. The first-order valence-corrected chi connectivity index (χ1v) is 7.88. The number of anilines is 1. The number of nitrogens with zero attached hydrogens (tertiary/aromatic N) is 1. The molecule has 21 heavy (non-hydrogen) atoms. The van der Waals surface area contributed by atoms with Gasteiger partial charge in [0.15, 0.2) is 0 Å². The van der Waals surface area contributed by atoms with Crippen molar-refractivity contribution in [1.29, 1.82) is 0 Å². The van der Waals surface area contributed by atoms with Crippen molar-refractivity contribution in [3.8, 4) is 0 Å². The Morgan fingerprint density at radius 1 is 1.29 bits per heavy atom. The maximum atomic E-state index is 5.84. The monoisotopic (exact) mass is 363 g/mol. The van der Waals surface area contributed by atoms with Crippen molar-refractivity contribution in [3.05, 3.63) is 57.3 Å². The van der Waals surface area contributed by atoms with Gasteiger partial charge in [-0.25, -0.2) is 0 Å². The number of thiocarbonyl (C=S) groups is 1. The molecule has 0 saturated carbocycles. The van der Waals surface area contributed by atoms with Crippen LogP contribution in [0.2, 0.25) is 0 Å². The van der Waals surface area contributed by atoms with Gasteiger partial charge in [-0.3, -0.25) is 4.98 Å². The molecule has 0 aliphatic carbocycles. The minimum Gasteiger partial charge on any atom is -0.389 e. The minimum atomic E-state index is 0.146. The first-order valence-electron chi connectivity index (χ1n) is 6.68. The molecule has 1 aromatic heterocycles. The zero-order valence-corrected chi connectivity index (χ0v) is 14.7. The zero-order valence-electron chi connectivity index (χ0n) is 12.3. The van der Waals surface area contributed by atoms with Gasteiger partial charge in [0, 0.05) is 27.6 Å². The largest absolute Gasteiger partial charge is 0.389 e. The fourth-order valence-corrected chi connectivity index (χ4v) is 2.84. The molecule has 110 valence electrons. The van der Waals surface area contributed by atoms with E-state index in [0.717, 1.165) is 27.1 Å². The molecule has 0 amide bonds. The SMILES string of the molecule is Cc1cc(NC(C)c2ccc(Br)cc2)c(C(N)=S)c(C)n1. The van der Waals surface area contributed by atoms with Crippen LogP contribution in [0.25, 0.3) is 0 Å². The quantitative estimate of drug-likeness (QED) is 0.796. The van der Waals surface area contributed by atoms with Gasteiger partial charge in [0.1, 0.15) is 4.99 Å². The number of aromatic nitrogens is 1. The van der Waals surface area contributed by atoms with Crippen LogP contribution in [-0.2, 0) is 0 Å². The molecule has 1 heterocycles. The summed E-state index contributed by atoms with van der Waals surface area (Å²) in [6, 6.07) is 10.4. The van der Waals surface area contributed by atoms with E-state index in [-0.39, 0.29) is 6.04 Å². The number of aryl methyl sites for hydroxylation is 2. The number of hydrogen-bond donors (Lipinski definition) is 2. The summed E-state index contributed by atoms with van der Waals surface area (Å²) in [7, 11) is 0. The molecule has 0 aliphatic heterocycles. The van der Waals surface area contributed by atoms with Crippen molar-refractivity contribution in [3.63, 3.8) is 0 Å². The highest BCUT2D eigenvalue weighted by Crippen LogP contribution is 2.25. The van der Waals surface area contributed by atoms with Crippen molar-refractivity contribution < 1.29 is 0 Å². The van der Waals surface area contributed by atoms with E-state index in [0.29, 0.717) is 4.99 Å². The topological polar surface area (TPSA) is 50.9 Å². The second-order valence-electron chi connectivity index (χ2n) is 5.05. The number of nitrogens with one attached hydrogen (secondary N) is 1. The second-order valence-corrected chi connectivity index (χ2v) is 6.41. The van der Waals surface area contributed by atoms with E-state index in [1.165, 1.54) is 5.56 Å². The number of halogens is 1. The Labute approximate surface area is 139 Å².